The molecule has 10 nitrogen and oxygen atoms in total. The fourth-order valence-electron chi connectivity index (χ4n) is 6.88. The van der Waals surface area contributed by atoms with Crippen LogP contribution in [0.25, 0.3) is 11.4 Å². The van der Waals surface area contributed by atoms with E-state index in [0.29, 0.717) is 30.1 Å². The smallest absolute Gasteiger partial charge is 0.230 e. The summed E-state index contributed by atoms with van der Waals surface area (Å²) in [5, 5.41) is 15.6. The normalized spacial score (nSPS) is 16.3. The zero-order valence-corrected chi connectivity index (χ0v) is 30.3. The summed E-state index contributed by atoms with van der Waals surface area (Å²) in [6.45, 7) is 0. The number of pyridine rings is 2. The van der Waals surface area contributed by atoms with E-state index in [9.17, 15) is 9.59 Å². The van der Waals surface area contributed by atoms with Gasteiger partial charge in [0.15, 0.2) is 0 Å². The molecule has 272 valence electrons. The van der Waals surface area contributed by atoms with Crippen LogP contribution in [0.3, 0.4) is 0 Å². The van der Waals surface area contributed by atoms with Gasteiger partial charge in [-0.05, 0) is 136 Å². The molecule has 10 rings (SSSR count). The third-order valence-corrected chi connectivity index (χ3v) is 10.4. The molecule has 10 heteroatoms. The second-order valence-electron chi connectivity index (χ2n) is 15.1. The van der Waals surface area contributed by atoms with Crippen LogP contribution >= 0.6 is 0 Å². The number of benzene rings is 2. The lowest BCUT2D eigenvalue weighted by Gasteiger charge is -2.09. The molecule has 4 aromatic heterocycles. The van der Waals surface area contributed by atoms with Crippen LogP contribution in [0, 0.1) is 0 Å². The van der Waals surface area contributed by atoms with Gasteiger partial charge in [-0.25, -0.2) is 9.36 Å². The van der Waals surface area contributed by atoms with Crippen LogP contribution in [0.15, 0.2) is 110 Å². The number of hydrogen-bond donors (Lipinski definition) is 2. The number of rotatable bonds is 12. The van der Waals surface area contributed by atoms with Crippen molar-refractivity contribution >= 4 is 23.2 Å². The summed E-state index contributed by atoms with van der Waals surface area (Å²) in [5.74, 6) is 2.54. The Balaban J connectivity index is 0.000000142. The minimum atomic E-state index is -0.0600. The first-order chi connectivity index (χ1) is 26.5. The number of aromatic nitrogens is 6. The van der Waals surface area contributed by atoms with E-state index in [1.54, 1.807) is 18.6 Å². The highest BCUT2D eigenvalue weighted by atomic mass is 16.2. The van der Waals surface area contributed by atoms with E-state index in [1.165, 1.54) is 74.1 Å². The van der Waals surface area contributed by atoms with Crippen molar-refractivity contribution in [2.45, 2.75) is 87.9 Å². The topological polar surface area (TPSA) is 120 Å². The first-order valence-electron chi connectivity index (χ1n) is 19.3. The maximum absolute atomic E-state index is 12.2. The zero-order chi connectivity index (χ0) is 36.4. The maximum atomic E-state index is 12.2. The molecule has 6 aromatic rings. The van der Waals surface area contributed by atoms with Crippen molar-refractivity contribution < 1.29 is 9.59 Å². The Kier molecular flexibility index (Phi) is 9.32. The summed E-state index contributed by atoms with van der Waals surface area (Å²) < 4.78 is 4.21. The van der Waals surface area contributed by atoms with Crippen molar-refractivity contribution in [3.63, 3.8) is 0 Å². The fraction of sp³-hybridized carbons (Fsp3) is 0.318. The van der Waals surface area contributed by atoms with Crippen molar-refractivity contribution in [3.8, 4) is 11.4 Å². The molecule has 4 heterocycles. The van der Waals surface area contributed by atoms with Crippen LogP contribution < -0.4 is 10.6 Å². The average molecular weight is 717 g/mol. The molecule has 54 heavy (non-hydrogen) atoms. The van der Waals surface area contributed by atoms with Crippen LogP contribution in [0.5, 0.6) is 0 Å². The first-order valence-corrected chi connectivity index (χ1v) is 19.3. The van der Waals surface area contributed by atoms with Gasteiger partial charge in [-0.15, -0.1) is 0 Å². The van der Waals surface area contributed by atoms with Crippen LogP contribution in [-0.2, 0) is 22.4 Å². The van der Waals surface area contributed by atoms with Crippen molar-refractivity contribution in [2.24, 2.45) is 0 Å². The van der Waals surface area contributed by atoms with Gasteiger partial charge in [-0.1, -0.05) is 12.1 Å². The Bertz CT molecular complexity index is 2070. The second-order valence-corrected chi connectivity index (χ2v) is 15.1. The second kappa shape index (κ2) is 14.9. The van der Waals surface area contributed by atoms with Gasteiger partial charge in [0.05, 0.1) is 35.6 Å². The number of amides is 2. The Labute approximate surface area is 315 Å². The largest absolute Gasteiger partial charge is 0.326 e. The highest BCUT2D eigenvalue weighted by molar-refractivity contribution is 5.92. The van der Waals surface area contributed by atoms with E-state index < -0.39 is 0 Å². The van der Waals surface area contributed by atoms with Gasteiger partial charge in [0, 0.05) is 70.7 Å². The Morgan fingerprint density at radius 2 is 1.09 bits per heavy atom. The Morgan fingerprint density at radius 1 is 0.574 bits per heavy atom. The summed E-state index contributed by atoms with van der Waals surface area (Å²) in [4.78, 5) is 32.7. The number of anilines is 2. The average Bonchev–Trinajstić information content (AvgIpc) is 3.98. The maximum Gasteiger partial charge on any atom is 0.230 e. The molecule has 4 aliphatic rings. The standard InChI is InChI=1S/2C22H22N4O/c27-22(12-15-2-1-11-23-14-15)24-18-7-9-19(10-8-18)26-21(17-5-6-17)13-20(25-26)16-3-4-16;27-22(13-18-3-1-2-12-23-18)24-17-8-10-19(11-9-17)26-21(16-6-7-16)14-20(25-26)15-4-5-15/h1-2,7-11,13-14,16-17H,3-6,12H2,(H,24,27);1-3,8-12,14-16H,4-7,13H2,(H,24,27). The van der Waals surface area contributed by atoms with Crippen molar-refractivity contribution in [1.82, 2.24) is 29.5 Å². The van der Waals surface area contributed by atoms with E-state index >= 15 is 0 Å². The predicted octanol–water partition coefficient (Wildman–Crippen LogP) is 8.41. The van der Waals surface area contributed by atoms with Crippen LogP contribution in [0.1, 0.15) is 109 Å². The molecule has 0 bridgehead atoms. The van der Waals surface area contributed by atoms with Crippen LogP contribution in [0.4, 0.5) is 11.4 Å². The molecule has 4 fully saturated rings. The number of nitrogens with zero attached hydrogens (tertiary/aromatic N) is 6. The lowest BCUT2D eigenvalue weighted by atomic mass is 10.2. The molecule has 0 radical (unpaired) electrons. The third-order valence-electron chi connectivity index (χ3n) is 10.4. The SMILES string of the molecule is O=C(Cc1ccccn1)Nc1ccc(-n2nc(C3CC3)cc2C2CC2)cc1.O=C(Cc1cccnc1)Nc1ccc(-n2nc(C3CC3)cc2C2CC2)cc1. The molecule has 2 aromatic carbocycles. The molecule has 0 atom stereocenters. The van der Waals surface area contributed by atoms with Gasteiger partial charge in [0.1, 0.15) is 0 Å². The van der Waals surface area contributed by atoms with Gasteiger partial charge in [-0.2, -0.15) is 10.2 Å². The molecular formula is C44H44N8O2. The Hall–Kier alpha value is -5.90. The van der Waals surface area contributed by atoms with Crippen molar-refractivity contribution in [3.05, 3.63) is 144 Å². The predicted molar refractivity (Wildman–Crippen MR) is 208 cm³/mol. The van der Waals surface area contributed by atoms with Crippen molar-refractivity contribution in [1.29, 1.82) is 0 Å². The van der Waals surface area contributed by atoms with Gasteiger partial charge >= 0.3 is 0 Å². The first kappa shape index (κ1) is 33.9. The summed E-state index contributed by atoms with van der Waals surface area (Å²) >= 11 is 0. The molecule has 4 saturated carbocycles. The van der Waals surface area contributed by atoms with Crippen LogP contribution in [0.2, 0.25) is 0 Å². The molecule has 0 spiro atoms. The molecule has 0 unspecified atom stereocenters. The molecule has 2 amide bonds. The summed E-state index contributed by atoms with van der Waals surface area (Å²) in [6.07, 6.45) is 15.8. The Morgan fingerprint density at radius 3 is 1.54 bits per heavy atom. The van der Waals surface area contributed by atoms with E-state index in [0.717, 1.165) is 34.0 Å². The molecular weight excluding hydrogens is 673 g/mol. The zero-order valence-electron chi connectivity index (χ0n) is 30.3. The van der Waals surface area contributed by atoms with Gasteiger partial charge in [0.25, 0.3) is 0 Å². The van der Waals surface area contributed by atoms with Gasteiger partial charge in [-0.3, -0.25) is 19.6 Å². The number of carbonyl (C=O) groups excluding carboxylic acids is 2. The highest BCUT2D eigenvalue weighted by Gasteiger charge is 2.34. The summed E-state index contributed by atoms with van der Waals surface area (Å²) in [6, 6.07) is 29.9. The quantitative estimate of drug-likeness (QED) is 0.131. The van der Waals surface area contributed by atoms with E-state index in [-0.39, 0.29) is 18.2 Å². The van der Waals surface area contributed by atoms with E-state index in [2.05, 4.69) is 42.1 Å². The van der Waals surface area contributed by atoms with Crippen LogP contribution in [-0.4, -0.2) is 41.3 Å². The fourth-order valence-corrected chi connectivity index (χ4v) is 6.88. The minimum Gasteiger partial charge on any atom is -0.326 e. The van der Waals surface area contributed by atoms with E-state index in [1.807, 2.05) is 78.9 Å². The number of nitrogens with one attached hydrogen (secondary N) is 2. The molecule has 0 aliphatic heterocycles. The minimum absolute atomic E-state index is 0.0375. The number of hydrogen-bond acceptors (Lipinski definition) is 6. The molecule has 2 N–H and O–H groups in total. The lowest BCUT2D eigenvalue weighted by molar-refractivity contribution is -0.116. The van der Waals surface area contributed by atoms with Gasteiger partial charge in [0.2, 0.25) is 11.8 Å². The van der Waals surface area contributed by atoms with Crippen molar-refractivity contribution in [2.75, 3.05) is 10.6 Å². The lowest BCUT2D eigenvalue weighted by Crippen LogP contribution is -2.15. The highest BCUT2D eigenvalue weighted by Crippen LogP contribution is 2.46. The van der Waals surface area contributed by atoms with Gasteiger partial charge < -0.3 is 10.6 Å². The molecule has 4 aliphatic carbocycles. The molecule has 0 saturated heterocycles. The third kappa shape index (κ3) is 8.33. The summed E-state index contributed by atoms with van der Waals surface area (Å²) in [7, 11) is 0. The summed E-state index contributed by atoms with van der Waals surface area (Å²) in [5.41, 5.74) is 10.6. The monoisotopic (exact) mass is 716 g/mol. The van der Waals surface area contributed by atoms with E-state index in [4.69, 9.17) is 10.2 Å². The number of carbonyl (C=O) groups is 2.